The van der Waals surface area contributed by atoms with Gasteiger partial charge in [-0.25, -0.2) is 8.78 Å². The van der Waals surface area contributed by atoms with E-state index in [1.807, 2.05) is 53.8 Å². The molecule has 0 spiro atoms. The van der Waals surface area contributed by atoms with Gasteiger partial charge in [0.05, 0.1) is 0 Å². The van der Waals surface area contributed by atoms with Crippen LogP contribution in [-0.4, -0.2) is 10.2 Å². The minimum atomic E-state index is -2.53. The highest BCUT2D eigenvalue weighted by Gasteiger charge is 2.20. The zero-order valence-electron chi connectivity index (χ0n) is 8.47. The Hall–Kier alpha value is -0.980. The summed E-state index contributed by atoms with van der Waals surface area (Å²) in [5.74, 6) is 0. The normalized spacial score (nSPS) is 11.1. The first-order chi connectivity index (χ1) is 7.59. The Labute approximate surface area is 105 Å². The van der Waals surface area contributed by atoms with Crippen molar-refractivity contribution < 1.29 is 8.78 Å². The van der Waals surface area contributed by atoms with Gasteiger partial charge in [0.25, 0.3) is 6.43 Å². The summed E-state index contributed by atoms with van der Waals surface area (Å²) in [7, 11) is 0. The van der Waals surface area contributed by atoms with Gasteiger partial charge < -0.3 is 0 Å². The molecule has 0 amide bonds. The molecule has 0 unspecified atom stereocenters. The van der Waals surface area contributed by atoms with Crippen LogP contribution < -0.4 is 0 Å². The number of hydrogen-bond acceptors (Lipinski definition) is 1. The Bertz CT molecular complexity index is 491. The van der Waals surface area contributed by atoms with E-state index >= 15 is 0 Å². The number of nitrogens with one attached hydrogen (secondary N) is 1. The molecule has 0 saturated heterocycles. The maximum atomic E-state index is 12.7. The zero-order chi connectivity index (χ0) is 11.7. The second-order valence-corrected chi connectivity index (χ2v) is 4.49. The third-order valence-electron chi connectivity index (χ3n) is 2.31. The van der Waals surface area contributed by atoms with E-state index in [9.17, 15) is 8.78 Å². The number of aromatic amines is 1. The minimum absolute atomic E-state index is 0.117. The molecule has 0 saturated carbocycles. The molecule has 84 valence electrons. The molecule has 0 bridgehead atoms. The van der Waals surface area contributed by atoms with Gasteiger partial charge in [0, 0.05) is 5.56 Å². The van der Waals surface area contributed by atoms with Crippen LogP contribution in [-0.2, 0) is 0 Å². The average molecular weight is 334 g/mol. The van der Waals surface area contributed by atoms with E-state index in [2.05, 4.69) is 10.2 Å². The first kappa shape index (κ1) is 11.5. The van der Waals surface area contributed by atoms with Crippen molar-refractivity contribution in [3.8, 4) is 11.1 Å². The molecule has 1 aromatic heterocycles. The Morgan fingerprint density at radius 2 is 1.88 bits per heavy atom. The quantitative estimate of drug-likeness (QED) is 0.829. The largest absolute Gasteiger partial charge is 0.280 e. The number of halogens is 3. The molecule has 1 heterocycles. The first-order valence-corrected chi connectivity index (χ1v) is 5.76. The van der Waals surface area contributed by atoms with E-state index < -0.39 is 6.43 Å². The smallest absolute Gasteiger partial charge is 0.275 e. The topological polar surface area (TPSA) is 28.7 Å². The van der Waals surface area contributed by atoms with E-state index in [4.69, 9.17) is 0 Å². The Balaban J connectivity index is 2.54. The molecule has 1 N–H and O–H groups in total. The van der Waals surface area contributed by atoms with E-state index in [1.54, 1.807) is 0 Å². The number of hydrogen-bond donors (Lipinski definition) is 1. The predicted molar refractivity (Wildman–Crippen MR) is 66.4 cm³/mol. The van der Waals surface area contributed by atoms with Gasteiger partial charge in [0.15, 0.2) is 0 Å². The van der Waals surface area contributed by atoms with E-state index in [0.29, 0.717) is 9.26 Å². The standard InChI is InChI=1S/C11H9F2IN2/c1-6-2-4-7(5-3-6)8-9(10(12)13)15-16-11(8)14/h2-5,10H,1H3,(H,15,16). The highest BCUT2D eigenvalue weighted by Crippen LogP contribution is 2.32. The van der Waals surface area contributed by atoms with Crippen molar-refractivity contribution in [1.29, 1.82) is 0 Å². The molecular formula is C11H9F2IN2. The summed E-state index contributed by atoms with van der Waals surface area (Å²) in [5, 5.41) is 6.20. The molecule has 2 aromatic rings. The number of alkyl halides is 2. The summed E-state index contributed by atoms with van der Waals surface area (Å²) in [6.45, 7) is 1.96. The second-order valence-electron chi connectivity index (χ2n) is 3.47. The molecule has 0 aliphatic rings. The van der Waals surface area contributed by atoms with Crippen molar-refractivity contribution in [3.05, 3.63) is 39.2 Å². The van der Waals surface area contributed by atoms with Crippen molar-refractivity contribution in [2.45, 2.75) is 13.3 Å². The summed E-state index contributed by atoms with van der Waals surface area (Å²) < 4.78 is 26.0. The Morgan fingerprint density at radius 1 is 1.25 bits per heavy atom. The molecule has 0 atom stereocenters. The molecule has 5 heteroatoms. The van der Waals surface area contributed by atoms with E-state index in [0.717, 1.165) is 11.1 Å². The van der Waals surface area contributed by atoms with Gasteiger partial charge >= 0.3 is 0 Å². The van der Waals surface area contributed by atoms with Crippen molar-refractivity contribution in [3.63, 3.8) is 0 Å². The Morgan fingerprint density at radius 3 is 2.44 bits per heavy atom. The lowest BCUT2D eigenvalue weighted by Gasteiger charge is -2.03. The molecular weight excluding hydrogens is 325 g/mol. The number of aromatic nitrogens is 2. The predicted octanol–water partition coefficient (Wildman–Crippen LogP) is 3.93. The number of nitrogens with zero attached hydrogens (tertiary/aromatic N) is 1. The van der Waals surface area contributed by atoms with Crippen LogP contribution in [0.4, 0.5) is 8.78 Å². The Kier molecular flexibility index (Phi) is 3.22. The molecule has 1 aromatic carbocycles. The highest BCUT2D eigenvalue weighted by molar-refractivity contribution is 14.1. The monoisotopic (exact) mass is 334 g/mol. The summed E-state index contributed by atoms with van der Waals surface area (Å²) in [6.07, 6.45) is -2.53. The van der Waals surface area contributed by atoms with Crippen LogP contribution in [0.2, 0.25) is 0 Å². The molecule has 0 aliphatic heterocycles. The number of aryl methyl sites for hydroxylation is 1. The number of H-pyrrole nitrogens is 1. The van der Waals surface area contributed by atoms with Crippen LogP contribution in [0, 0.1) is 10.6 Å². The van der Waals surface area contributed by atoms with E-state index in [1.165, 1.54) is 0 Å². The summed E-state index contributed by atoms with van der Waals surface area (Å²) in [5.41, 5.74) is 2.24. The molecule has 2 rings (SSSR count). The van der Waals surface area contributed by atoms with Crippen LogP contribution >= 0.6 is 22.6 Å². The number of rotatable bonds is 2. The van der Waals surface area contributed by atoms with Crippen molar-refractivity contribution in [2.75, 3.05) is 0 Å². The fourth-order valence-corrected chi connectivity index (χ4v) is 2.21. The molecule has 0 fully saturated rings. The lowest BCUT2D eigenvalue weighted by molar-refractivity contribution is 0.146. The van der Waals surface area contributed by atoms with Gasteiger partial charge in [-0.1, -0.05) is 29.8 Å². The molecule has 0 aliphatic carbocycles. The van der Waals surface area contributed by atoms with Gasteiger partial charge in [-0.05, 0) is 35.1 Å². The maximum Gasteiger partial charge on any atom is 0.280 e. The fourth-order valence-electron chi connectivity index (χ4n) is 1.48. The first-order valence-electron chi connectivity index (χ1n) is 4.68. The number of benzene rings is 1. The van der Waals surface area contributed by atoms with Gasteiger partial charge in [0.1, 0.15) is 9.39 Å². The highest BCUT2D eigenvalue weighted by atomic mass is 127. The molecule has 16 heavy (non-hydrogen) atoms. The van der Waals surface area contributed by atoms with Gasteiger partial charge in [-0.3, -0.25) is 5.10 Å². The third kappa shape index (κ3) is 2.09. The summed E-state index contributed by atoms with van der Waals surface area (Å²) in [4.78, 5) is 0. The zero-order valence-corrected chi connectivity index (χ0v) is 10.6. The summed E-state index contributed by atoms with van der Waals surface area (Å²) >= 11 is 1.95. The van der Waals surface area contributed by atoms with E-state index in [-0.39, 0.29) is 5.69 Å². The van der Waals surface area contributed by atoms with Crippen molar-refractivity contribution in [1.82, 2.24) is 10.2 Å². The van der Waals surface area contributed by atoms with Crippen LogP contribution in [0.25, 0.3) is 11.1 Å². The van der Waals surface area contributed by atoms with Crippen LogP contribution in [0.15, 0.2) is 24.3 Å². The third-order valence-corrected chi connectivity index (χ3v) is 3.09. The van der Waals surface area contributed by atoms with Gasteiger partial charge in [-0.2, -0.15) is 5.10 Å². The van der Waals surface area contributed by atoms with Crippen LogP contribution in [0.3, 0.4) is 0 Å². The molecule has 2 nitrogen and oxygen atoms in total. The average Bonchev–Trinajstić information content (AvgIpc) is 2.62. The lowest BCUT2D eigenvalue weighted by atomic mass is 10.1. The fraction of sp³-hybridized carbons (Fsp3) is 0.182. The SMILES string of the molecule is Cc1ccc(-c2c(I)n[nH]c2C(F)F)cc1. The van der Waals surface area contributed by atoms with Gasteiger partial charge in [0.2, 0.25) is 0 Å². The van der Waals surface area contributed by atoms with Crippen molar-refractivity contribution >= 4 is 22.6 Å². The van der Waals surface area contributed by atoms with Crippen molar-refractivity contribution in [2.24, 2.45) is 0 Å². The van der Waals surface area contributed by atoms with Gasteiger partial charge in [-0.15, -0.1) is 0 Å². The molecule has 0 radical (unpaired) electrons. The lowest BCUT2D eigenvalue weighted by Crippen LogP contribution is -1.89. The van der Waals surface area contributed by atoms with Crippen LogP contribution in [0.1, 0.15) is 17.7 Å². The second kappa shape index (κ2) is 4.48. The van der Waals surface area contributed by atoms with Crippen LogP contribution in [0.5, 0.6) is 0 Å². The minimum Gasteiger partial charge on any atom is -0.275 e. The maximum absolute atomic E-state index is 12.7. The summed E-state index contributed by atoms with van der Waals surface area (Å²) in [6, 6.07) is 7.45.